The Morgan fingerprint density at radius 1 is 1.24 bits per heavy atom. The summed E-state index contributed by atoms with van der Waals surface area (Å²) in [5, 5.41) is 9.64. The van der Waals surface area contributed by atoms with E-state index in [1.165, 1.54) is 0 Å². The van der Waals surface area contributed by atoms with Crippen molar-refractivity contribution in [2.75, 3.05) is 0 Å². The highest BCUT2D eigenvalue weighted by molar-refractivity contribution is 7.19. The van der Waals surface area contributed by atoms with Crippen LogP contribution in [0.2, 0.25) is 10.4 Å². The Kier molecular flexibility index (Phi) is 2.94. The van der Waals surface area contributed by atoms with Gasteiger partial charge in [-0.3, -0.25) is 4.79 Å². The van der Waals surface area contributed by atoms with Gasteiger partial charge in [-0.1, -0.05) is 41.4 Å². The second kappa shape index (κ2) is 4.04. The van der Waals surface area contributed by atoms with Gasteiger partial charge >= 0.3 is 0 Å². The highest BCUT2D eigenvalue weighted by atomic mass is 35.5. The largest absolute Gasteiger partial charge is 0.392 e. The predicted octanol–water partition coefficient (Wildman–Crippen LogP) is -3.70. The Hall–Kier alpha value is -0.575. The van der Waals surface area contributed by atoms with E-state index >= 15 is 0 Å². The van der Waals surface area contributed by atoms with Gasteiger partial charge < -0.3 is 10.8 Å². The highest BCUT2D eigenvalue weighted by Crippen LogP contribution is 2.63. The molecule has 1 fully saturated rings. The maximum Gasteiger partial charge on any atom is 0.284 e. The smallest absolute Gasteiger partial charge is 0.284 e. The van der Waals surface area contributed by atoms with E-state index in [0.29, 0.717) is 6.42 Å². The lowest BCUT2D eigenvalue weighted by molar-refractivity contribution is -0.141. The van der Waals surface area contributed by atoms with E-state index in [0.717, 1.165) is 11.0 Å². The molecule has 3 atom stereocenters. The van der Waals surface area contributed by atoms with Crippen LogP contribution >= 0.6 is 11.5 Å². The maximum atomic E-state index is 13.1. The molecule has 1 aromatic carbocycles. The first-order valence-corrected chi connectivity index (χ1v) is 7.73. The van der Waals surface area contributed by atoms with Gasteiger partial charge in [0.1, 0.15) is 23.5 Å². The van der Waals surface area contributed by atoms with Gasteiger partial charge in [0, 0.05) is 0 Å². The fourth-order valence-corrected chi connectivity index (χ4v) is 4.76. The van der Waals surface area contributed by atoms with E-state index in [1.807, 2.05) is 47.8 Å². The number of fused-ring (bicyclic) bond motifs is 3. The molecule has 21 heavy (non-hydrogen) atoms. The Morgan fingerprint density at radius 2 is 1.81 bits per heavy atom. The normalized spacial score (nSPS) is 40.7. The third-order valence-electron chi connectivity index (χ3n) is 6.05. The fraction of sp³-hybridized carbons (Fsp3) is 0.417. The van der Waals surface area contributed by atoms with Crippen molar-refractivity contribution in [2.45, 2.75) is 27.9 Å². The monoisotopic (exact) mass is 297 g/mol. The zero-order chi connectivity index (χ0) is 15.8. The lowest BCUT2D eigenvalue weighted by Crippen LogP contribution is -2.71. The molecule has 1 aromatic rings. The summed E-state index contributed by atoms with van der Waals surface area (Å²) in [5.74, 6) is -0.329. The second-order valence-corrected chi connectivity index (χ2v) is 8.07. The van der Waals surface area contributed by atoms with Crippen molar-refractivity contribution in [3.63, 3.8) is 0 Å². The van der Waals surface area contributed by atoms with Crippen LogP contribution in [0.4, 0.5) is 0 Å². The van der Waals surface area contributed by atoms with E-state index in [2.05, 4.69) is 0 Å². The molecule has 9 heteroatoms. The molecule has 0 spiro atoms. The number of hydrogen-bond acceptors (Lipinski definition) is 3. The van der Waals surface area contributed by atoms with Crippen molar-refractivity contribution in [2.24, 2.45) is 5.73 Å². The Balaban J connectivity index is 2.32. The Morgan fingerprint density at radius 3 is 2.43 bits per heavy atom. The number of carbonyl (C=O) groups excluding carboxylic acids is 1. The van der Waals surface area contributed by atoms with Crippen LogP contribution in [-0.2, 0) is 10.3 Å². The Labute approximate surface area is 134 Å². The first-order valence-electron chi connectivity index (χ1n) is 7.30. The number of aliphatic hydroxyl groups is 1. The summed E-state index contributed by atoms with van der Waals surface area (Å²) in [6.07, 6.45) is 0.246. The van der Waals surface area contributed by atoms with Gasteiger partial charge in [-0.15, -0.1) is 0 Å². The molecule has 0 saturated heterocycles. The molecule has 3 unspecified atom stereocenters. The van der Waals surface area contributed by atoms with Crippen molar-refractivity contribution in [3.8, 4) is 0 Å². The summed E-state index contributed by atoms with van der Waals surface area (Å²) >= 11 is 6.72. The van der Waals surface area contributed by atoms with Crippen molar-refractivity contribution in [1.82, 2.24) is 0 Å². The van der Waals surface area contributed by atoms with E-state index in [4.69, 9.17) is 17.2 Å². The Bertz CT molecular complexity index is 654. The minimum Gasteiger partial charge on any atom is -0.392 e. The third kappa shape index (κ3) is 1.51. The van der Waals surface area contributed by atoms with Gasteiger partial charge in [0.15, 0.2) is 13.6 Å². The number of benzene rings is 1. The molecule has 104 valence electrons. The number of ketones is 1. The molecule has 3 nitrogen and oxygen atoms in total. The highest BCUT2D eigenvalue weighted by Gasteiger charge is 2.71. The van der Waals surface area contributed by atoms with Gasteiger partial charge in [0.05, 0.1) is 11.0 Å². The molecule has 2 aliphatic rings. The van der Waals surface area contributed by atoms with Crippen LogP contribution < -0.4 is 11.2 Å². The van der Waals surface area contributed by atoms with Gasteiger partial charge in [-0.2, -0.15) is 11.5 Å². The van der Waals surface area contributed by atoms with Crippen molar-refractivity contribution in [1.29, 1.82) is 0 Å². The maximum absolute atomic E-state index is 13.1. The third-order valence-corrected chi connectivity index (χ3v) is 6.76. The summed E-state index contributed by atoms with van der Waals surface area (Å²) < 4.78 is 0. The van der Waals surface area contributed by atoms with E-state index in [-0.39, 0.29) is 11.9 Å². The SMILES string of the molecule is BC1(B)CC2(B)B(Cl)c3ccccc3C2(N)C(=O)C1(B)O. The predicted molar refractivity (Wildman–Crippen MR) is 97.7 cm³/mol. The van der Waals surface area contributed by atoms with Crippen molar-refractivity contribution >= 4 is 60.2 Å². The molecule has 0 amide bonds. The summed E-state index contributed by atoms with van der Waals surface area (Å²) in [6.45, 7) is 0. The lowest BCUT2D eigenvalue weighted by Gasteiger charge is -2.58. The number of Topliss-reactive ketones (excluding diaryl/α,β-unsaturated/α-hetero) is 1. The average molecular weight is 297 g/mol. The molecule has 0 bridgehead atoms. The number of rotatable bonds is 0. The molecule has 3 rings (SSSR count). The first kappa shape index (κ1) is 15.3. The topological polar surface area (TPSA) is 63.3 Å². The van der Waals surface area contributed by atoms with Crippen LogP contribution in [-0.4, -0.2) is 53.9 Å². The average Bonchev–Trinajstić information content (AvgIpc) is 2.57. The van der Waals surface area contributed by atoms with Crippen LogP contribution in [0.25, 0.3) is 0 Å². The van der Waals surface area contributed by atoms with Crippen LogP contribution in [0.5, 0.6) is 0 Å². The minimum absolute atomic E-state index is 0.329. The molecular formula is C12H17B5ClNO2. The van der Waals surface area contributed by atoms with Gasteiger partial charge in [0.25, 0.3) is 6.13 Å². The van der Waals surface area contributed by atoms with E-state index in [9.17, 15) is 9.90 Å². The second-order valence-electron chi connectivity index (χ2n) is 7.64. The summed E-state index contributed by atoms with van der Waals surface area (Å²) in [7, 11) is 7.36. The zero-order valence-corrected chi connectivity index (χ0v) is 13.7. The minimum atomic E-state index is -1.48. The molecule has 1 aliphatic heterocycles. The van der Waals surface area contributed by atoms with Gasteiger partial charge in [-0.05, 0) is 10.8 Å². The molecule has 0 radical (unpaired) electrons. The quantitative estimate of drug-likeness (QED) is 0.485. The standard InChI is InChI=1S/C12H17B5ClNO2/c13-9(14)5-10(15)11(19,8(20)12(9,16)21)6-3-1-2-4-7(6)17(10)18/h1-4,21H,5,13-16,19H2. The number of halogens is 1. The van der Waals surface area contributed by atoms with E-state index < -0.39 is 21.5 Å². The van der Waals surface area contributed by atoms with Crippen molar-refractivity contribution in [3.05, 3.63) is 29.8 Å². The van der Waals surface area contributed by atoms with Gasteiger partial charge in [0.2, 0.25) is 0 Å². The van der Waals surface area contributed by atoms with E-state index in [1.54, 1.807) is 7.85 Å². The molecule has 3 N–H and O–H groups in total. The van der Waals surface area contributed by atoms with Crippen LogP contribution in [0.15, 0.2) is 24.3 Å². The van der Waals surface area contributed by atoms with Crippen LogP contribution in [0, 0.1) is 0 Å². The number of carbonyl (C=O) groups is 1. The summed E-state index contributed by atoms with van der Waals surface area (Å²) in [6, 6.07) is 7.57. The summed E-state index contributed by atoms with van der Waals surface area (Å²) in [5.41, 5.74) is 5.60. The summed E-state index contributed by atoms with van der Waals surface area (Å²) in [4.78, 5) is 13.1. The fourth-order valence-electron chi connectivity index (χ4n) is 4.32. The zero-order valence-electron chi connectivity index (χ0n) is 12.9. The van der Waals surface area contributed by atoms with Gasteiger partial charge in [-0.25, -0.2) is 0 Å². The molecule has 1 aliphatic carbocycles. The van der Waals surface area contributed by atoms with Crippen LogP contribution in [0.3, 0.4) is 0 Å². The molecule has 0 aromatic heterocycles. The number of nitrogens with two attached hydrogens (primary N) is 1. The van der Waals surface area contributed by atoms with Crippen LogP contribution in [0.1, 0.15) is 12.0 Å². The lowest BCUT2D eigenvalue weighted by atomic mass is 9.23. The molecule has 1 heterocycles. The first-order chi connectivity index (χ1) is 9.50. The number of hydrogen-bond donors (Lipinski definition) is 2. The van der Waals surface area contributed by atoms with Crippen molar-refractivity contribution < 1.29 is 9.90 Å². The molecular weight excluding hydrogens is 280 g/mol. The molecule has 1 saturated carbocycles.